The third-order valence-corrected chi connectivity index (χ3v) is 5.20. The zero-order valence-electron chi connectivity index (χ0n) is 16.2. The molecule has 2 amide bonds. The summed E-state index contributed by atoms with van der Waals surface area (Å²) >= 11 is 0. The fourth-order valence-electron chi connectivity index (χ4n) is 3.62. The molecule has 3 aromatic rings. The molecule has 1 unspecified atom stereocenters. The molecule has 1 saturated heterocycles. The van der Waals surface area contributed by atoms with Gasteiger partial charge in [0.1, 0.15) is 0 Å². The van der Waals surface area contributed by atoms with Crippen molar-refractivity contribution in [2.75, 3.05) is 13.1 Å². The van der Waals surface area contributed by atoms with Gasteiger partial charge in [0.2, 0.25) is 5.91 Å². The minimum Gasteiger partial charge on any atom is -0.343 e. The molecule has 0 bridgehead atoms. The van der Waals surface area contributed by atoms with Crippen LogP contribution in [0.3, 0.4) is 0 Å². The lowest BCUT2D eigenvalue weighted by Gasteiger charge is -2.25. The number of aromatic nitrogens is 2. The van der Waals surface area contributed by atoms with Crippen LogP contribution in [0.1, 0.15) is 40.4 Å². The Morgan fingerprint density at radius 3 is 2.52 bits per heavy atom. The normalized spacial score (nSPS) is 14.8. The molecule has 0 saturated carbocycles. The molecule has 148 valence electrons. The van der Waals surface area contributed by atoms with E-state index >= 15 is 0 Å². The Kier molecular flexibility index (Phi) is 5.70. The molecular weight excluding hydrogens is 364 g/mol. The first-order chi connectivity index (χ1) is 14.2. The van der Waals surface area contributed by atoms with E-state index in [1.807, 2.05) is 76.4 Å². The summed E-state index contributed by atoms with van der Waals surface area (Å²) in [5, 5.41) is 7.31. The van der Waals surface area contributed by atoms with Crippen molar-refractivity contribution in [3.63, 3.8) is 0 Å². The van der Waals surface area contributed by atoms with Gasteiger partial charge in [-0.2, -0.15) is 5.10 Å². The Morgan fingerprint density at radius 1 is 1.07 bits per heavy atom. The van der Waals surface area contributed by atoms with Crippen LogP contribution >= 0.6 is 0 Å². The molecule has 4 rings (SSSR count). The van der Waals surface area contributed by atoms with Crippen LogP contribution in [0.4, 0.5) is 0 Å². The SMILES string of the molecule is O=C(NC(CN1CCCC1=O)c1ccccc1)c1ccc(Cn2cccn2)cc1. The topological polar surface area (TPSA) is 67.2 Å². The molecule has 0 aliphatic carbocycles. The van der Waals surface area contributed by atoms with E-state index in [0.717, 1.165) is 24.1 Å². The maximum Gasteiger partial charge on any atom is 0.251 e. The van der Waals surface area contributed by atoms with Crippen LogP contribution in [0.15, 0.2) is 73.1 Å². The van der Waals surface area contributed by atoms with Crippen molar-refractivity contribution in [2.45, 2.75) is 25.4 Å². The van der Waals surface area contributed by atoms with Crippen molar-refractivity contribution < 1.29 is 9.59 Å². The van der Waals surface area contributed by atoms with Gasteiger partial charge in [-0.1, -0.05) is 42.5 Å². The first-order valence-electron chi connectivity index (χ1n) is 9.89. The van der Waals surface area contributed by atoms with E-state index in [9.17, 15) is 9.59 Å². The average Bonchev–Trinajstić information content (AvgIpc) is 3.40. The number of likely N-dealkylation sites (tertiary alicyclic amines) is 1. The zero-order valence-corrected chi connectivity index (χ0v) is 16.2. The van der Waals surface area contributed by atoms with Crippen molar-refractivity contribution in [1.82, 2.24) is 20.0 Å². The fraction of sp³-hybridized carbons (Fsp3) is 0.261. The highest BCUT2D eigenvalue weighted by molar-refractivity contribution is 5.94. The first-order valence-corrected chi connectivity index (χ1v) is 9.89. The highest BCUT2D eigenvalue weighted by Crippen LogP contribution is 2.19. The van der Waals surface area contributed by atoms with Gasteiger partial charge in [0, 0.05) is 37.5 Å². The fourth-order valence-corrected chi connectivity index (χ4v) is 3.62. The van der Waals surface area contributed by atoms with Gasteiger partial charge in [0.05, 0.1) is 12.6 Å². The number of nitrogens with zero attached hydrogens (tertiary/aromatic N) is 3. The molecule has 1 fully saturated rings. The second-order valence-corrected chi connectivity index (χ2v) is 7.28. The van der Waals surface area contributed by atoms with Gasteiger partial charge in [-0.05, 0) is 35.7 Å². The molecule has 29 heavy (non-hydrogen) atoms. The zero-order chi connectivity index (χ0) is 20.1. The molecule has 1 aliphatic rings. The number of carbonyl (C=O) groups is 2. The molecule has 1 aromatic heterocycles. The van der Waals surface area contributed by atoms with Crippen LogP contribution in [0.2, 0.25) is 0 Å². The monoisotopic (exact) mass is 388 g/mol. The number of carbonyl (C=O) groups excluding carboxylic acids is 2. The number of rotatable bonds is 7. The predicted octanol–water partition coefficient (Wildman–Crippen LogP) is 3.02. The number of benzene rings is 2. The number of nitrogens with one attached hydrogen (secondary N) is 1. The highest BCUT2D eigenvalue weighted by Gasteiger charge is 2.25. The van der Waals surface area contributed by atoms with Crippen LogP contribution < -0.4 is 5.32 Å². The van der Waals surface area contributed by atoms with Gasteiger partial charge >= 0.3 is 0 Å². The lowest BCUT2D eigenvalue weighted by Crippen LogP contribution is -2.38. The number of hydrogen-bond acceptors (Lipinski definition) is 3. The molecule has 0 spiro atoms. The summed E-state index contributed by atoms with van der Waals surface area (Å²) in [6.45, 7) is 1.91. The van der Waals surface area contributed by atoms with Crippen LogP contribution in [0, 0.1) is 0 Å². The summed E-state index contributed by atoms with van der Waals surface area (Å²) in [6.07, 6.45) is 5.13. The molecule has 1 N–H and O–H groups in total. The van der Waals surface area contributed by atoms with Crippen molar-refractivity contribution in [2.24, 2.45) is 0 Å². The molecule has 6 nitrogen and oxygen atoms in total. The molecule has 1 atom stereocenters. The molecule has 2 aromatic carbocycles. The van der Waals surface area contributed by atoms with Crippen LogP contribution in [-0.2, 0) is 11.3 Å². The minimum atomic E-state index is -0.241. The van der Waals surface area contributed by atoms with Gasteiger partial charge in [-0.15, -0.1) is 0 Å². The molecule has 0 radical (unpaired) electrons. The second kappa shape index (κ2) is 8.73. The van der Waals surface area contributed by atoms with E-state index in [1.54, 1.807) is 6.20 Å². The average molecular weight is 388 g/mol. The lowest BCUT2D eigenvalue weighted by atomic mass is 10.1. The molecule has 6 heteroatoms. The van der Waals surface area contributed by atoms with Gasteiger partial charge in [-0.25, -0.2) is 0 Å². The van der Waals surface area contributed by atoms with Crippen molar-refractivity contribution in [3.8, 4) is 0 Å². The molecule has 2 heterocycles. The van der Waals surface area contributed by atoms with Gasteiger partial charge in [0.15, 0.2) is 0 Å². The summed E-state index contributed by atoms with van der Waals surface area (Å²) in [7, 11) is 0. The van der Waals surface area contributed by atoms with E-state index in [2.05, 4.69) is 10.4 Å². The van der Waals surface area contributed by atoms with Crippen LogP contribution in [0.5, 0.6) is 0 Å². The van der Waals surface area contributed by atoms with Gasteiger partial charge in [-0.3, -0.25) is 14.3 Å². The largest absolute Gasteiger partial charge is 0.343 e. The second-order valence-electron chi connectivity index (χ2n) is 7.28. The van der Waals surface area contributed by atoms with Crippen molar-refractivity contribution in [3.05, 3.63) is 89.7 Å². The third kappa shape index (κ3) is 4.71. The summed E-state index contributed by atoms with van der Waals surface area (Å²) in [5.41, 5.74) is 2.67. The molecule has 1 aliphatic heterocycles. The summed E-state index contributed by atoms with van der Waals surface area (Å²) < 4.78 is 1.84. The van der Waals surface area contributed by atoms with Gasteiger partial charge < -0.3 is 10.2 Å². The standard InChI is InChI=1S/C23H24N4O2/c28-22-8-4-14-26(22)17-21(19-6-2-1-3-7-19)25-23(29)20-11-9-18(10-12-20)16-27-15-5-13-24-27/h1-3,5-7,9-13,15,21H,4,8,14,16-17H2,(H,25,29). The summed E-state index contributed by atoms with van der Waals surface area (Å²) in [4.78, 5) is 26.8. The van der Waals surface area contributed by atoms with E-state index in [-0.39, 0.29) is 17.9 Å². The Morgan fingerprint density at radius 2 is 1.86 bits per heavy atom. The van der Waals surface area contributed by atoms with Crippen LogP contribution in [0.25, 0.3) is 0 Å². The maximum atomic E-state index is 12.9. The Bertz CT molecular complexity index is 952. The Balaban J connectivity index is 1.46. The minimum absolute atomic E-state index is 0.142. The van der Waals surface area contributed by atoms with E-state index in [1.165, 1.54) is 0 Å². The molecular formula is C23H24N4O2. The Hall–Kier alpha value is -3.41. The van der Waals surface area contributed by atoms with Crippen molar-refractivity contribution in [1.29, 1.82) is 0 Å². The highest BCUT2D eigenvalue weighted by atomic mass is 16.2. The predicted molar refractivity (Wildman–Crippen MR) is 110 cm³/mol. The van der Waals surface area contributed by atoms with Crippen LogP contribution in [-0.4, -0.2) is 39.6 Å². The third-order valence-electron chi connectivity index (χ3n) is 5.20. The lowest BCUT2D eigenvalue weighted by molar-refractivity contribution is -0.128. The van der Waals surface area contributed by atoms with E-state index < -0.39 is 0 Å². The van der Waals surface area contributed by atoms with Gasteiger partial charge in [0.25, 0.3) is 5.91 Å². The first kappa shape index (κ1) is 18.9. The maximum absolute atomic E-state index is 12.9. The van der Waals surface area contributed by atoms with Crippen molar-refractivity contribution >= 4 is 11.8 Å². The Labute approximate surface area is 170 Å². The summed E-state index contributed by atoms with van der Waals surface area (Å²) in [6, 6.07) is 19.0. The smallest absolute Gasteiger partial charge is 0.251 e. The summed E-state index contributed by atoms with van der Waals surface area (Å²) in [5.74, 6) is 0.0132. The number of amides is 2. The van der Waals surface area contributed by atoms with E-state index in [0.29, 0.717) is 25.1 Å². The van der Waals surface area contributed by atoms with E-state index in [4.69, 9.17) is 0 Å². The number of hydrogen-bond donors (Lipinski definition) is 1. The quantitative estimate of drug-likeness (QED) is 0.677.